The Morgan fingerprint density at radius 2 is 2.27 bits per heavy atom. The maximum atomic E-state index is 14.3. The molecule has 0 spiro atoms. The van der Waals surface area contributed by atoms with Crippen LogP contribution in [-0.4, -0.2) is 72.2 Å². The number of morpholine rings is 1. The number of carboxylic acid groups (broad SMARTS) is 1. The standard InChI is InChI=1S/C21H20ClFN4O5S/c1-31-21(30)16-14(9-27-5-6-32-10-15(27)20(28)29)25-18(19-24-4-7-33-19)26-17(16)11-2-3-12(22)13(23)8-11/h2-4,7-8,15,17H,5-6,9-10H2,1H3,(H,25,26)(H,28,29)/t15-,17-/m0/s1. The average molecular weight is 495 g/mol. The van der Waals surface area contributed by atoms with E-state index in [2.05, 4.69) is 15.3 Å². The second-order valence-electron chi connectivity index (χ2n) is 7.30. The van der Waals surface area contributed by atoms with Gasteiger partial charge in [-0.1, -0.05) is 17.7 Å². The second kappa shape index (κ2) is 9.96. The Balaban J connectivity index is 1.83. The molecule has 2 aliphatic heterocycles. The topological polar surface area (TPSA) is 113 Å². The van der Waals surface area contributed by atoms with E-state index in [0.717, 1.165) is 0 Å². The van der Waals surface area contributed by atoms with Crippen molar-refractivity contribution < 1.29 is 28.6 Å². The summed E-state index contributed by atoms with van der Waals surface area (Å²) in [5, 5.41) is 15.1. The lowest BCUT2D eigenvalue weighted by molar-refractivity contribution is -0.149. The van der Waals surface area contributed by atoms with Crippen molar-refractivity contribution in [3.05, 3.63) is 62.5 Å². The first-order valence-electron chi connectivity index (χ1n) is 9.95. The van der Waals surface area contributed by atoms with Crippen molar-refractivity contribution in [2.24, 2.45) is 4.99 Å². The van der Waals surface area contributed by atoms with Crippen LogP contribution in [0.25, 0.3) is 0 Å². The molecule has 3 heterocycles. The summed E-state index contributed by atoms with van der Waals surface area (Å²) in [6, 6.07) is 2.52. The number of aliphatic carboxylic acids is 1. The van der Waals surface area contributed by atoms with Crippen molar-refractivity contribution in [3.8, 4) is 0 Å². The van der Waals surface area contributed by atoms with Crippen molar-refractivity contribution >= 4 is 40.7 Å². The zero-order valence-electron chi connectivity index (χ0n) is 17.5. The normalized spacial score (nSPS) is 21.4. The summed E-state index contributed by atoms with van der Waals surface area (Å²) in [4.78, 5) is 35.2. The van der Waals surface area contributed by atoms with Gasteiger partial charge in [-0.15, -0.1) is 11.3 Å². The predicted octanol–water partition coefficient (Wildman–Crippen LogP) is 2.24. The van der Waals surface area contributed by atoms with Gasteiger partial charge in [-0.2, -0.15) is 0 Å². The number of benzene rings is 1. The number of carbonyl (C=O) groups excluding carboxylic acids is 1. The van der Waals surface area contributed by atoms with Crippen LogP contribution >= 0.6 is 22.9 Å². The number of aliphatic imine (C=N–C) groups is 1. The van der Waals surface area contributed by atoms with Crippen LogP contribution in [-0.2, 0) is 19.1 Å². The van der Waals surface area contributed by atoms with Crippen molar-refractivity contribution in [3.63, 3.8) is 0 Å². The molecule has 0 aliphatic carbocycles. The molecule has 33 heavy (non-hydrogen) atoms. The minimum absolute atomic E-state index is 0.0172. The van der Waals surface area contributed by atoms with Gasteiger partial charge in [0.05, 0.1) is 42.7 Å². The highest BCUT2D eigenvalue weighted by Crippen LogP contribution is 2.33. The molecular formula is C21H20ClFN4O5S. The van der Waals surface area contributed by atoms with Crippen LogP contribution in [0.1, 0.15) is 16.6 Å². The van der Waals surface area contributed by atoms with Crippen LogP contribution in [0.5, 0.6) is 0 Å². The third-order valence-electron chi connectivity index (χ3n) is 5.32. The minimum atomic E-state index is -1.04. The third-order valence-corrected chi connectivity index (χ3v) is 6.41. The van der Waals surface area contributed by atoms with Crippen LogP contribution in [0.15, 0.2) is 46.0 Å². The van der Waals surface area contributed by atoms with Crippen LogP contribution in [0.4, 0.5) is 4.39 Å². The van der Waals surface area contributed by atoms with Gasteiger partial charge in [0.25, 0.3) is 0 Å². The Labute approximate surface area is 197 Å². The number of carbonyl (C=O) groups is 2. The summed E-state index contributed by atoms with van der Waals surface area (Å²) in [5.74, 6) is -1.96. The lowest BCUT2D eigenvalue weighted by Crippen LogP contribution is -2.51. The number of rotatable bonds is 6. The Morgan fingerprint density at radius 1 is 1.45 bits per heavy atom. The van der Waals surface area contributed by atoms with Gasteiger partial charge in [0.2, 0.25) is 0 Å². The number of hydrogen-bond acceptors (Lipinski definition) is 9. The first-order chi connectivity index (χ1) is 15.9. The summed E-state index contributed by atoms with van der Waals surface area (Å²) < 4.78 is 24.6. The average Bonchev–Trinajstić information content (AvgIpc) is 3.35. The lowest BCUT2D eigenvalue weighted by Gasteiger charge is -2.35. The molecule has 0 saturated carbocycles. The summed E-state index contributed by atoms with van der Waals surface area (Å²) >= 11 is 7.19. The summed E-state index contributed by atoms with van der Waals surface area (Å²) in [6.07, 6.45) is 1.61. The molecule has 2 aliphatic rings. The highest BCUT2D eigenvalue weighted by molar-refractivity contribution is 7.11. The van der Waals surface area contributed by atoms with Gasteiger partial charge in [0.15, 0.2) is 10.8 Å². The molecular weight excluding hydrogens is 475 g/mol. The summed E-state index contributed by atoms with van der Waals surface area (Å²) in [7, 11) is 1.24. The van der Waals surface area contributed by atoms with Gasteiger partial charge in [-0.3, -0.25) is 9.69 Å². The molecule has 2 N–H and O–H groups in total. The van der Waals surface area contributed by atoms with Gasteiger partial charge in [0, 0.05) is 24.7 Å². The molecule has 174 valence electrons. The second-order valence-corrected chi connectivity index (χ2v) is 8.60. The Morgan fingerprint density at radius 3 is 2.94 bits per heavy atom. The molecule has 9 nitrogen and oxygen atoms in total. The Bertz CT molecular complexity index is 1120. The van der Waals surface area contributed by atoms with Gasteiger partial charge in [0.1, 0.15) is 11.9 Å². The van der Waals surface area contributed by atoms with Crippen LogP contribution in [0.2, 0.25) is 5.02 Å². The molecule has 0 unspecified atom stereocenters. The Kier molecular flexibility index (Phi) is 7.03. The van der Waals surface area contributed by atoms with Crippen molar-refractivity contribution in [2.75, 3.05) is 33.4 Å². The number of amidine groups is 1. The fourth-order valence-corrected chi connectivity index (χ4v) is 4.41. The number of nitrogens with one attached hydrogen (secondary N) is 1. The number of ether oxygens (including phenoxy) is 2. The molecule has 1 saturated heterocycles. The van der Waals surface area contributed by atoms with Gasteiger partial charge >= 0.3 is 11.9 Å². The smallest absolute Gasteiger partial charge is 0.338 e. The number of aromatic nitrogens is 1. The molecule has 4 rings (SSSR count). The number of carboxylic acids is 1. The minimum Gasteiger partial charge on any atom is -0.480 e. The quantitative estimate of drug-likeness (QED) is 0.588. The van der Waals surface area contributed by atoms with Crippen LogP contribution < -0.4 is 5.32 Å². The monoisotopic (exact) mass is 494 g/mol. The van der Waals surface area contributed by atoms with E-state index in [4.69, 9.17) is 21.1 Å². The maximum Gasteiger partial charge on any atom is 0.338 e. The number of nitrogens with zero attached hydrogens (tertiary/aromatic N) is 3. The van der Waals surface area contributed by atoms with Crippen molar-refractivity contribution in [1.82, 2.24) is 15.2 Å². The van der Waals surface area contributed by atoms with E-state index < -0.39 is 29.8 Å². The number of hydrogen-bond donors (Lipinski definition) is 2. The largest absolute Gasteiger partial charge is 0.480 e. The molecule has 2 aromatic rings. The fourth-order valence-electron chi connectivity index (χ4n) is 3.71. The lowest BCUT2D eigenvalue weighted by atomic mass is 9.94. The number of thiazole rings is 1. The van der Waals surface area contributed by atoms with E-state index in [-0.39, 0.29) is 23.7 Å². The number of esters is 1. The SMILES string of the molecule is COC(=O)C1=C(CN2CCOC[C@H]2C(=O)O)N=C(c2nccs2)N[C@H]1c1ccc(Cl)c(F)c1. The molecule has 2 atom stereocenters. The van der Waals surface area contributed by atoms with E-state index in [1.54, 1.807) is 22.5 Å². The molecule has 1 aromatic heterocycles. The molecule has 12 heteroatoms. The zero-order valence-corrected chi connectivity index (χ0v) is 19.0. The maximum absolute atomic E-state index is 14.3. The van der Waals surface area contributed by atoms with E-state index in [1.807, 2.05) is 0 Å². The van der Waals surface area contributed by atoms with Gasteiger partial charge in [-0.25, -0.2) is 19.2 Å². The highest BCUT2D eigenvalue weighted by Gasteiger charge is 2.36. The predicted molar refractivity (Wildman–Crippen MR) is 119 cm³/mol. The first kappa shape index (κ1) is 23.3. The summed E-state index contributed by atoms with van der Waals surface area (Å²) in [5.41, 5.74) is 0.880. The van der Waals surface area contributed by atoms with Crippen LogP contribution in [0, 0.1) is 5.82 Å². The third kappa shape index (κ3) is 4.91. The Hall–Kier alpha value is -2.86. The molecule has 0 radical (unpaired) electrons. The number of halogens is 2. The molecule has 1 fully saturated rings. The number of methoxy groups -OCH3 is 1. The van der Waals surface area contributed by atoms with E-state index in [9.17, 15) is 19.1 Å². The first-order valence-corrected chi connectivity index (χ1v) is 11.2. The molecule has 1 aromatic carbocycles. The van der Waals surface area contributed by atoms with Gasteiger partial charge in [-0.05, 0) is 17.7 Å². The van der Waals surface area contributed by atoms with Crippen LogP contribution in [0.3, 0.4) is 0 Å². The summed E-state index contributed by atoms with van der Waals surface area (Å²) in [6.45, 7) is 0.750. The fraction of sp³-hybridized carbons (Fsp3) is 0.333. The van der Waals surface area contributed by atoms with E-state index in [1.165, 1.54) is 30.6 Å². The van der Waals surface area contributed by atoms with Gasteiger partial charge < -0.3 is 19.9 Å². The van der Waals surface area contributed by atoms with E-state index >= 15 is 0 Å². The highest BCUT2D eigenvalue weighted by atomic mass is 35.5. The molecule has 0 amide bonds. The van der Waals surface area contributed by atoms with Crippen molar-refractivity contribution in [2.45, 2.75) is 12.1 Å². The zero-order chi connectivity index (χ0) is 23.5. The van der Waals surface area contributed by atoms with Crippen molar-refractivity contribution in [1.29, 1.82) is 0 Å². The molecule has 0 bridgehead atoms. The van der Waals surface area contributed by atoms with E-state index in [0.29, 0.717) is 35.3 Å².